The average molecular weight is 504 g/mol. The second-order valence-electron chi connectivity index (χ2n) is 6.44. The van der Waals surface area contributed by atoms with Gasteiger partial charge in [0.1, 0.15) is 12.4 Å². The van der Waals surface area contributed by atoms with E-state index in [0.717, 1.165) is 56.7 Å². The number of piperidine rings is 1. The predicted molar refractivity (Wildman–Crippen MR) is 120 cm³/mol. The Morgan fingerprint density at radius 3 is 2.74 bits per heavy atom. The number of aliphatic imine (C=N–C) groups is 1. The van der Waals surface area contributed by atoms with Gasteiger partial charge < -0.3 is 19.5 Å². The van der Waals surface area contributed by atoms with Crippen molar-refractivity contribution in [2.24, 2.45) is 12.0 Å². The Hall–Kier alpha value is -1.20. The van der Waals surface area contributed by atoms with Crippen LogP contribution in [0.5, 0.6) is 0 Å². The van der Waals surface area contributed by atoms with Gasteiger partial charge in [0.25, 0.3) is 0 Å². The summed E-state index contributed by atoms with van der Waals surface area (Å²) in [5.41, 5.74) is 0. The van der Waals surface area contributed by atoms with Crippen LogP contribution >= 0.6 is 35.3 Å². The molecule has 0 amide bonds. The zero-order chi connectivity index (χ0) is 18.4. The van der Waals surface area contributed by atoms with E-state index in [0.29, 0.717) is 12.6 Å². The van der Waals surface area contributed by atoms with Crippen molar-refractivity contribution in [1.29, 1.82) is 0 Å². The molecule has 0 atom stereocenters. The van der Waals surface area contributed by atoms with Crippen LogP contribution in [0.2, 0.25) is 0 Å². The van der Waals surface area contributed by atoms with Crippen molar-refractivity contribution in [3.05, 3.63) is 34.0 Å². The smallest absolute Gasteiger partial charge is 0.194 e. The maximum Gasteiger partial charge on any atom is 0.194 e. The monoisotopic (exact) mass is 504 g/mol. The first kappa shape index (κ1) is 22.1. The van der Waals surface area contributed by atoms with Crippen molar-refractivity contribution in [3.63, 3.8) is 0 Å². The summed E-state index contributed by atoms with van der Waals surface area (Å²) < 4.78 is 7.76. The lowest BCUT2D eigenvalue weighted by atomic mass is 10.1. The van der Waals surface area contributed by atoms with Gasteiger partial charge >= 0.3 is 0 Å². The number of nitrogens with zero attached hydrogens (tertiary/aromatic N) is 5. The minimum atomic E-state index is 0. The molecule has 2 aromatic heterocycles. The molecule has 0 unspecified atom stereocenters. The van der Waals surface area contributed by atoms with Gasteiger partial charge in [-0.2, -0.15) is 0 Å². The van der Waals surface area contributed by atoms with E-state index in [1.165, 1.54) is 4.88 Å². The molecule has 27 heavy (non-hydrogen) atoms. The molecular formula is C18H29IN6OS. The van der Waals surface area contributed by atoms with E-state index in [1.54, 1.807) is 11.3 Å². The summed E-state index contributed by atoms with van der Waals surface area (Å²) in [6, 6.07) is 4.22. The largest absolute Gasteiger partial charge is 0.378 e. The topological polar surface area (TPSA) is 67.6 Å². The van der Waals surface area contributed by atoms with Crippen molar-refractivity contribution in [2.75, 3.05) is 19.7 Å². The molecule has 0 spiro atoms. The molecule has 0 radical (unpaired) electrons. The Balaban J connectivity index is 0.00000261. The van der Waals surface area contributed by atoms with Gasteiger partial charge in [-0.05, 0) is 38.1 Å². The number of hydrogen-bond acceptors (Lipinski definition) is 5. The van der Waals surface area contributed by atoms with Gasteiger partial charge in [-0.1, -0.05) is 6.07 Å². The van der Waals surface area contributed by atoms with Crippen LogP contribution in [0, 0.1) is 6.92 Å². The molecule has 1 fully saturated rings. The van der Waals surface area contributed by atoms with Crippen LogP contribution in [0.3, 0.4) is 0 Å². The first-order valence-corrected chi connectivity index (χ1v) is 10.1. The first-order valence-electron chi connectivity index (χ1n) is 9.19. The zero-order valence-electron chi connectivity index (χ0n) is 16.2. The van der Waals surface area contributed by atoms with Crippen LogP contribution in [-0.4, -0.2) is 51.4 Å². The third-order valence-electron chi connectivity index (χ3n) is 4.70. The van der Waals surface area contributed by atoms with E-state index in [-0.39, 0.29) is 24.0 Å². The zero-order valence-corrected chi connectivity index (χ0v) is 19.4. The Kier molecular flexibility index (Phi) is 8.97. The number of hydrogen-bond donors (Lipinski definition) is 1. The predicted octanol–water partition coefficient (Wildman–Crippen LogP) is 2.95. The Morgan fingerprint density at radius 2 is 2.15 bits per heavy atom. The highest BCUT2D eigenvalue weighted by Crippen LogP contribution is 2.15. The van der Waals surface area contributed by atoms with Gasteiger partial charge in [0, 0.05) is 31.6 Å². The summed E-state index contributed by atoms with van der Waals surface area (Å²) in [6.07, 6.45) is 2.45. The number of aromatic nitrogens is 3. The molecule has 1 saturated heterocycles. The molecule has 1 N–H and O–H groups in total. The number of nitrogens with one attached hydrogen (secondary N) is 1. The molecule has 0 aromatic carbocycles. The van der Waals surface area contributed by atoms with Crippen molar-refractivity contribution in [1.82, 2.24) is 25.0 Å². The first-order chi connectivity index (χ1) is 12.7. The Bertz CT molecular complexity index is 710. The molecule has 7 nitrogen and oxygen atoms in total. The number of aryl methyl sites for hydroxylation is 1. The number of ether oxygens (including phenoxy) is 1. The van der Waals surface area contributed by atoms with E-state index < -0.39 is 0 Å². The van der Waals surface area contributed by atoms with Gasteiger partial charge in [-0.25, -0.2) is 4.99 Å². The number of guanidine groups is 1. The molecule has 0 saturated carbocycles. The summed E-state index contributed by atoms with van der Waals surface area (Å²) >= 11 is 1.76. The number of rotatable bonds is 6. The molecule has 3 rings (SSSR count). The van der Waals surface area contributed by atoms with E-state index >= 15 is 0 Å². The van der Waals surface area contributed by atoms with Gasteiger partial charge in [0.15, 0.2) is 11.8 Å². The minimum absolute atomic E-state index is 0. The normalized spacial score (nSPS) is 15.7. The lowest BCUT2D eigenvalue weighted by Crippen LogP contribution is -2.46. The van der Waals surface area contributed by atoms with Crippen LogP contribution in [0.4, 0.5) is 0 Å². The molecule has 1 aliphatic heterocycles. The highest BCUT2D eigenvalue weighted by Gasteiger charge is 2.22. The summed E-state index contributed by atoms with van der Waals surface area (Å²) in [5.74, 6) is 2.72. The third kappa shape index (κ3) is 6.15. The highest BCUT2D eigenvalue weighted by atomic mass is 127. The summed E-state index contributed by atoms with van der Waals surface area (Å²) in [6.45, 7) is 8.03. The van der Waals surface area contributed by atoms with Crippen LogP contribution in [0.25, 0.3) is 0 Å². The molecule has 1 aliphatic rings. The lowest BCUT2D eigenvalue weighted by Gasteiger charge is -2.34. The van der Waals surface area contributed by atoms with Gasteiger partial charge in [-0.15, -0.1) is 45.5 Å². The van der Waals surface area contributed by atoms with Crippen molar-refractivity contribution >= 4 is 41.3 Å². The average Bonchev–Trinajstić information content (AvgIpc) is 3.28. The van der Waals surface area contributed by atoms with Gasteiger partial charge in [-0.3, -0.25) is 0 Å². The standard InChI is InChI=1S/C18H28N6OS.HI/c1-4-25-15-7-9-24(10-8-15)18(19-12-16-6-5-11-26-16)20-13-17-22-21-14(2)23(17)3;/h5-6,11,15H,4,7-10,12-13H2,1-3H3,(H,19,20);1H. The van der Waals surface area contributed by atoms with Crippen LogP contribution < -0.4 is 5.32 Å². The van der Waals surface area contributed by atoms with Crippen molar-refractivity contribution in [3.8, 4) is 0 Å². The molecular weight excluding hydrogens is 475 g/mol. The molecule has 0 aliphatic carbocycles. The van der Waals surface area contributed by atoms with E-state index in [9.17, 15) is 0 Å². The third-order valence-corrected chi connectivity index (χ3v) is 5.57. The maximum absolute atomic E-state index is 5.77. The Morgan fingerprint density at radius 1 is 1.37 bits per heavy atom. The van der Waals surface area contributed by atoms with E-state index in [4.69, 9.17) is 9.73 Å². The van der Waals surface area contributed by atoms with Crippen LogP contribution in [0.1, 0.15) is 36.3 Å². The number of halogens is 1. The fourth-order valence-corrected chi connectivity index (χ4v) is 3.70. The van der Waals surface area contributed by atoms with E-state index in [2.05, 4.69) is 44.9 Å². The summed E-state index contributed by atoms with van der Waals surface area (Å²) in [7, 11) is 1.98. The molecule has 0 bridgehead atoms. The van der Waals surface area contributed by atoms with E-state index in [1.807, 2.05) is 18.5 Å². The van der Waals surface area contributed by atoms with Crippen molar-refractivity contribution < 1.29 is 4.74 Å². The number of likely N-dealkylation sites (tertiary alicyclic amines) is 1. The van der Waals surface area contributed by atoms with Crippen LogP contribution in [0.15, 0.2) is 22.5 Å². The molecule has 150 valence electrons. The Labute approximate surface area is 182 Å². The summed E-state index contributed by atoms with van der Waals surface area (Å²) in [4.78, 5) is 8.46. The fourth-order valence-electron chi connectivity index (χ4n) is 3.05. The fraction of sp³-hybridized carbons (Fsp3) is 0.611. The maximum atomic E-state index is 5.77. The number of thiophene rings is 1. The highest BCUT2D eigenvalue weighted by molar-refractivity contribution is 14.0. The minimum Gasteiger partial charge on any atom is -0.378 e. The van der Waals surface area contributed by atoms with Crippen molar-refractivity contribution in [2.45, 2.75) is 45.9 Å². The lowest BCUT2D eigenvalue weighted by molar-refractivity contribution is 0.0263. The van der Waals surface area contributed by atoms with Gasteiger partial charge in [0.2, 0.25) is 0 Å². The molecule has 3 heterocycles. The quantitative estimate of drug-likeness (QED) is 0.372. The second kappa shape index (κ2) is 11.0. The van der Waals surface area contributed by atoms with Gasteiger partial charge in [0.05, 0.1) is 12.6 Å². The molecule has 9 heteroatoms. The summed E-state index contributed by atoms with van der Waals surface area (Å²) in [5, 5.41) is 14.0. The molecule has 2 aromatic rings. The SMILES string of the molecule is CCOC1CCN(C(=NCc2nnc(C)n2C)NCc2cccs2)CC1.I. The van der Waals surface area contributed by atoms with Crippen LogP contribution in [-0.2, 0) is 24.9 Å². The second-order valence-corrected chi connectivity index (χ2v) is 7.47.